The van der Waals surface area contributed by atoms with Crippen LogP contribution in [0.5, 0.6) is 0 Å². The third kappa shape index (κ3) is 2.27. The van der Waals surface area contributed by atoms with Crippen LogP contribution in [0.4, 0.5) is 0 Å². The van der Waals surface area contributed by atoms with Crippen LogP contribution in [0.3, 0.4) is 0 Å². The van der Waals surface area contributed by atoms with E-state index in [1.165, 1.54) is 14.2 Å². The number of rotatable bonds is 2. The van der Waals surface area contributed by atoms with Crippen molar-refractivity contribution in [3.8, 4) is 0 Å². The molecule has 4 heteroatoms. The van der Waals surface area contributed by atoms with Crippen LogP contribution in [0, 0.1) is 0 Å². The van der Waals surface area contributed by atoms with Gasteiger partial charge in [-0.3, -0.25) is 0 Å². The smallest absolute Gasteiger partial charge is 0.352 e. The van der Waals surface area contributed by atoms with Crippen molar-refractivity contribution in [3.63, 3.8) is 0 Å². The number of methoxy groups -OCH3 is 2. The van der Waals surface area contributed by atoms with Gasteiger partial charge in [-0.25, -0.2) is 4.79 Å². The van der Waals surface area contributed by atoms with Crippen LogP contribution in [0.15, 0.2) is 10.8 Å². The Kier molecular flexibility index (Phi) is 3.88. The monoisotopic (exact) mass is 164 g/mol. The fourth-order valence-corrected chi connectivity index (χ4v) is 0.477. The molecule has 0 heterocycles. The van der Waals surface area contributed by atoms with Gasteiger partial charge in [0.1, 0.15) is 5.76 Å². The highest BCUT2D eigenvalue weighted by Gasteiger charge is 2.09. The average Bonchev–Trinajstić information content (AvgIpc) is 2.00. The Bertz CT molecular complexity index is 162. The van der Waals surface area contributed by atoms with Crippen LogP contribution in [0.25, 0.3) is 0 Å². The molecule has 0 saturated carbocycles. The highest BCUT2D eigenvalue weighted by molar-refractivity contribution is 6.41. The first kappa shape index (κ1) is 9.30. The Morgan fingerprint density at radius 1 is 1.30 bits per heavy atom. The molecule has 0 fully saturated rings. The van der Waals surface area contributed by atoms with E-state index in [1.807, 2.05) is 0 Å². The lowest BCUT2D eigenvalue weighted by atomic mass is 10.5. The quantitative estimate of drug-likeness (QED) is 0.350. The molecule has 0 N–H and O–H groups in total. The van der Waals surface area contributed by atoms with Crippen LogP contribution in [-0.4, -0.2) is 20.2 Å². The Balaban J connectivity index is 4.30. The van der Waals surface area contributed by atoms with E-state index < -0.39 is 5.97 Å². The first-order valence-electron chi connectivity index (χ1n) is 2.62. The zero-order valence-electron chi connectivity index (χ0n) is 6.10. The zero-order valence-corrected chi connectivity index (χ0v) is 6.86. The average molecular weight is 165 g/mol. The molecule has 0 spiro atoms. The van der Waals surface area contributed by atoms with E-state index in [4.69, 9.17) is 11.6 Å². The number of esters is 1. The Hall–Kier alpha value is -0.700. The fourth-order valence-electron chi connectivity index (χ4n) is 0.323. The summed E-state index contributed by atoms with van der Waals surface area (Å²) in [4.78, 5) is 10.6. The molecule has 0 aliphatic carbocycles. The summed E-state index contributed by atoms with van der Waals surface area (Å²) in [6.07, 6.45) is 0. The Labute approximate surface area is 64.6 Å². The van der Waals surface area contributed by atoms with E-state index in [0.29, 0.717) is 5.76 Å². The molecule has 0 unspecified atom stereocenters. The van der Waals surface area contributed by atoms with Crippen molar-refractivity contribution in [2.24, 2.45) is 0 Å². The SMILES string of the molecule is COC(=O)C(Cl)=C(C)OC. The van der Waals surface area contributed by atoms with Gasteiger partial charge in [0.2, 0.25) is 0 Å². The molecule has 3 nitrogen and oxygen atoms in total. The third-order valence-electron chi connectivity index (χ3n) is 0.980. The van der Waals surface area contributed by atoms with Crippen LogP contribution in [0.2, 0.25) is 0 Å². The number of halogens is 1. The maximum atomic E-state index is 10.6. The van der Waals surface area contributed by atoms with E-state index >= 15 is 0 Å². The number of carbonyl (C=O) groups is 1. The van der Waals surface area contributed by atoms with E-state index in [1.54, 1.807) is 6.92 Å². The van der Waals surface area contributed by atoms with Gasteiger partial charge in [-0.2, -0.15) is 0 Å². The second kappa shape index (κ2) is 4.17. The van der Waals surface area contributed by atoms with Crippen molar-refractivity contribution in [2.75, 3.05) is 14.2 Å². The largest absolute Gasteiger partial charge is 0.500 e. The number of hydrogen-bond donors (Lipinski definition) is 0. The van der Waals surface area contributed by atoms with Crippen molar-refractivity contribution in [3.05, 3.63) is 10.8 Å². The summed E-state index contributed by atoms with van der Waals surface area (Å²) in [5.74, 6) is -0.227. The van der Waals surface area contributed by atoms with Gasteiger partial charge >= 0.3 is 5.97 Å². The summed E-state index contributed by atoms with van der Waals surface area (Å²) in [6, 6.07) is 0. The normalized spacial score (nSPS) is 12.0. The van der Waals surface area contributed by atoms with E-state index in [-0.39, 0.29) is 5.03 Å². The summed E-state index contributed by atoms with van der Waals surface area (Å²) >= 11 is 5.46. The van der Waals surface area contributed by atoms with Gasteiger partial charge < -0.3 is 9.47 Å². The number of hydrogen-bond acceptors (Lipinski definition) is 3. The predicted molar refractivity (Wildman–Crippen MR) is 37.6 cm³/mol. The van der Waals surface area contributed by atoms with Gasteiger partial charge in [-0.15, -0.1) is 0 Å². The molecular weight excluding hydrogens is 156 g/mol. The van der Waals surface area contributed by atoms with Crippen LogP contribution < -0.4 is 0 Å². The molecule has 0 aromatic heterocycles. The van der Waals surface area contributed by atoms with Gasteiger partial charge in [-0.1, -0.05) is 11.6 Å². The fraction of sp³-hybridized carbons (Fsp3) is 0.500. The second-order valence-corrected chi connectivity index (χ2v) is 1.94. The highest BCUT2D eigenvalue weighted by Crippen LogP contribution is 2.10. The number of carbonyl (C=O) groups excluding carboxylic acids is 1. The summed E-state index contributed by atoms with van der Waals surface area (Å²) < 4.78 is 9.01. The minimum absolute atomic E-state index is 0.0231. The first-order valence-corrected chi connectivity index (χ1v) is 3.00. The van der Waals surface area contributed by atoms with Crippen molar-refractivity contribution in [1.82, 2.24) is 0 Å². The molecular formula is C6H9ClO3. The van der Waals surface area contributed by atoms with Crippen LogP contribution >= 0.6 is 11.6 Å². The molecule has 10 heavy (non-hydrogen) atoms. The molecule has 0 radical (unpaired) electrons. The third-order valence-corrected chi connectivity index (χ3v) is 1.40. The van der Waals surface area contributed by atoms with Crippen molar-refractivity contribution < 1.29 is 14.3 Å². The molecule has 0 bridgehead atoms. The standard InChI is InChI=1S/C6H9ClO3/c1-4(9-2)5(7)6(8)10-3/h1-3H3. The topological polar surface area (TPSA) is 35.5 Å². The van der Waals surface area contributed by atoms with E-state index in [0.717, 1.165) is 0 Å². The maximum Gasteiger partial charge on any atom is 0.352 e. The van der Waals surface area contributed by atoms with Crippen molar-refractivity contribution in [1.29, 1.82) is 0 Å². The minimum Gasteiger partial charge on any atom is -0.500 e. The van der Waals surface area contributed by atoms with Crippen LogP contribution in [0.1, 0.15) is 6.92 Å². The van der Waals surface area contributed by atoms with Crippen LogP contribution in [-0.2, 0) is 14.3 Å². The summed E-state index contributed by atoms with van der Waals surface area (Å²) in [5, 5.41) is -0.0231. The van der Waals surface area contributed by atoms with Crippen molar-refractivity contribution in [2.45, 2.75) is 6.92 Å². The number of allylic oxidation sites excluding steroid dienone is 1. The van der Waals surface area contributed by atoms with Gasteiger partial charge in [0, 0.05) is 0 Å². The van der Waals surface area contributed by atoms with Gasteiger partial charge in [-0.05, 0) is 6.92 Å². The molecule has 0 amide bonds. The minimum atomic E-state index is -0.582. The van der Waals surface area contributed by atoms with Gasteiger partial charge in [0.15, 0.2) is 5.03 Å². The lowest BCUT2D eigenvalue weighted by Gasteiger charge is -2.00. The molecule has 58 valence electrons. The second-order valence-electron chi connectivity index (χ2n) is 1.57. The van der Waals surface area contributed by atoms with E-state index in [2.05, 4.69) is 9.47 Å². The Morgan fingerprint density at radius 2 is 1.80 bits per heavy atom. The maximum absolute atomic E-state index is 10.6. The van der Waals surface area contributed by atoms with E-state index in [9.17, 15) is 4.79 Å². The lowest BCUT2D eigenvalue weighted by molar-refractivity contribution is -0.135. The summed E-state index contributed by atoms with van der Waals surface area (Å²) in [7, 11) is 2.69. The zero-order chi connectivity index (χ0) is 8.15. The molecule has 0 aliphatic heterocycles. The summed E-state index contributed by atoms with van der Waals surface area (Å²) in [5.41, 5.74) is 0. The molecule has 0 rings (SSSR count). The molecule has 0 aliphatic rings. The predicted octanol–water partition coefficient (Wildman–Crippen LogP) is 1.28. The van der Waals surface area contributed by atoms with Crippen molar-refractivity contribution >= 4 is 17.6 Å². The highest BCUT2D eigenvalue weighted by atomic mass is 35.5. The van der Waals surface area contributed by atoms with Gasteiger partial charge in [0.05, 0.1) is 14.2 Å². The number of ether oxygens (including phenoxy) is 2. The molecule has 0 aromatic rings. The first-order chi connectivity index (χ1) is 4.63. The molecule has 0 atom stereocenters. The lowest BCUT2D eigenvalue weighted by Crippen LogP contribution is -2.02. The molecule has 0 aromatic carbocycles. The molecule has 0 saturated heterocycles. The van der Waals surface area contributed by atoms with Gasteiger partial charge in [0.25, 0.3) is 0 Å². The Morgan fingerprint density at radius 3 is 2.10 bits per heavy atom. The summed E-state index contributed by atoms with van der Waals surface area (Å²) in [6.45, 7) is 1.58.